The Bertz CT molecular complexity index is 672. The number of amides is 1. The summed E-state index contributed by atoms with van der Waals surface area (Å²) in [6, 6.07) is 13.6. The van der Waals surface area contributed by atoms with Crippen molar-refractivity contribution in [3.8, 4) is 0 Å². The van der Waals surface area contributed by atoms with Crippen molar-refractivity contribution in [2.24, 2.45) is 0 Å². The van der Waals surface area contributed by atoms with Crippen LogP contribution in [0.2, 0.25) is 0 Å². The molecule has 1 aliphatic heterocycles. The van der Waals surface area contributed by atoms with E-state index in [1.54, 1.807) is 11.3 Å². The van der Waals surface area contributed by atoms with Crippen LogP contribution in [0.4, 0.5) is 0 Å². The van der Waals surface area contributed by atoms with Gasteiger partial charge in [0.25, 0.3) is 0 Å². The van der Waals surface area contributed by atoms with Gasteiger partial charge in [-0.25, -0.2) is 0 Å². The molecule has 0 unspecified atom stereocenters. The Morgan fingerprint density at radius 3 is 2.67 bits per heavy atom. The van der Waals surface area contributed by atoms with Crippen LogP contribution in [-0.4, -0.2) is 54.0 Å². The van der Waals surface area contributed by atoms with Crippen molar-refractivity contribution >= 4 is 17.2 Å². The number of nitrogens with zero attached hydrogens (tertiary/aromatic N) is 2. The van der Waals surface area contributed by atoms with Gasteiger partial charge < -0.3 is 14.9 Å². The highest BCUT2D eigenvalue weighted by molar-refractivity contribution is 7.10. The van der Waals surface area contributed by atoms with E-state index in [9.17, 15) is 9.90 Å². The van der Waals surface area contributed by atoms with Crippen molar-refractivity contribution in [2.75, 3.05) is 27.2 Å². The van der Waals surface area contributed by atoms with Crippen LogP contribution in [0.5, 0.6) is 0 Å². The Morgan fingerprint density at radius 1 is 1.29 bits per heavy atom. The van der Waals surface area contributed by atoms with E-state index in [0.717, 1.165) is 10.4 Å². The first-order valence-electron chi connectivity index (χ1n) is 8.25. The molecule has 3 rings (SSSR count). The number of carbonyl (C=O) groups is 1. The van der Waals surface area contributed by atoms with Gasteiger partial charge in [-0.1, -0.05) is 36.4 Å². The lowest BCUT2D eigenvalue weighted by Crippen LogP contribution is -2.60. The monoisotopic (exact) mass is 344 g/mol. The second-order valence-electron chi connectivity index (χ2n) is 6.62. The van der Waals surface area contributed by atoms with Gasteiger partial charge in [0.05, 0.1) is 12.5 Å². The number of benzene rings is 1. The molecule has 0 bridgehead atoms. The van der Waals surface area contributed by atoms with E-state index in [4.69, 9.17) is 0 Å². The van der Waals surface area contributed by atoms with E-state index in [-0.39, 0.29) is 11.9 Å². The molecule has 0 spiro atoms. The average molecular weight is 344 g/mol. The Morgan fingerprint density at radius 2 is 2.04 bits per heavy atom. The van der Waals surface area contributed by atoms with Gasteiger partial charge in [0.1, 0.15) is 5.60 Å². The minimum Gasteiger partial charge on any atom is -0.383 e. The Balaban J connectivity index is 1.77. The summed E-state index contributed by atoms with van der Waals surface area (Å²) in [4.78, 5) is 17.6. The Kier molecular flexibility index (Phi) is 5.04. The highest BCUT2D eigenvalue weighted by atomic mass is 32.1. The number of aliphatic hydroxyl groups is 1. The summed E-state index contributed by atoms with van der Waals surface area (Å²) in [6.07, 6.45) is 0.998. The molecule has 0 saturated carbocycles. The fourth-order valence-corrected chi connectivity index (χ4v) is 4.17. The molecule has 4 nitrogen and oxygen atoms in total. The van der Waals surface area contributed by atoms with Gasteiger partial charge in [0, 0.05) is 18.0 Å². The molecule has 1 aliphatic rings. The summed E-state index contributed by atoms with van der Waals surface area (Å²) < 4.78 is 0. The van der Waals surface area contributed by atoms with Gasteiger partial charge in [-0.15, -0.1) is 11.3 Å². The van der Waals surface area contributed by atoms with Crippen LogP contribution in [0, 0.1) is 0 Å². The van der Waals surface area contributed by atoms with Crippen LogP contribution in [0.15, 0.2) is 47.8 Å². The number of piperidine rings is 1. The van der Waals surface area contributed by atoms with Gasteiger partial charge in [0.2, 0.25) is 5.91 Å². The first-order valence-corrected chi connectivity index (χ1v) is 9.13. The predicted octanol–water partition coefficient (Wildman–Crippen LogP) is 2.34. The highest BCUT2D eigenvalue weighted by Crippen LogP contribution is 2.35. The number of likely N-dealkylation sites (N-methyl/N-ethyl adjacent to an activating group) is 1. The summed E-state index contributed by atoms with van der Waals surface area (Å²) in [7, 11) is 3.93. The fraction of sp³-hybridized carbons (Fsp3) is 0.421. The largest absolute Gasteiger partial charge is 0.383 e. The quantitative estimate of drug-likeness (QED) is 0.926. The van der Waals surface area contributed by atoms with E-state index < -0.39 is 5.60 Å². The zero-order chi connectivity index (χ0) is 17.2. The molecule has 1 saturated heterocycles. The van der Waals surface area contributed by atoms with Crippen molar-refractivity contribution in [1.29, 1.82) is 0 Å². The van der Waals surface area contributed by atoms with E-state index in [0.29, 0.717) is 25.9 Å². The lowest BCUT2D eigenvalue weighted by Gasteiger charge is -2.47. The second-order valence-corrected chi connectivity index (χ2v) is 7.65. The normalized spacial score (nSPS) is 24.3. The van der Waals surface area contributed by atoms with Crippen molar-refractivity contribution in [3.05, 3.63) is 58.3 Å². The van der Waals surface area contributed by atoms with Gasteiger partial charge in [-0.2, -0.15) is 0 Å². The fourth-order valence-electron chi connectivity index (χ4n) is 3.48. The van der Waals surface area contributed by atoms with E-state index in [1.165, 1.54) is 0 Å². The highest BCUT2D eigenvalue weighted by Gasteiger charge is 2.44. The summed E-state index contributed by atoms with van der Waals surface area (Å²) in [5, 5.41) is 13.3. The Hall–Kier alpha value is -1.69. The standard InChI is InChI=1S/C19H24N2O2S/c1-20(2)17-14-21(18(22)13-16-9-6-12-24-16)11-10-19(17,23)15-7-4-3-5-8-15/h3-9,12,17,23H,10-11,13-14H2,1-2H3/t17-,19+/m1/s1. The molecule has 128 valence electrons. The van der Waals surface area contributed by atoms with Crippen molar-refractivity contribution in [3.63, 3.8) is 0 Å². The maximum Gasteiger partial charge on any atom is 0.227 e. The number of hydrogen-bond acceptors (Lipinski definition) is 4. The maximum absolute atomic E-state index is 12.6. The predicted molar refractivity (Wildman–Crippen MR) is 97.0 cm³/mol. The topological polar surface area (TPSA) is 43.8 Å². The third-order valence-electron chi connectivity index (χ3n) is 4.86. The molecule has 1 aromatic carbocycles. The summed E-state index contributed by atoms with van der Waals surface area (Å²) in [5.74, 6) is 0.138. The summed E-state index contributed by atoms with van der Waals surface area (Å²) >= 11 is 1.61. The van der Waals surface area contributed by atoms with Gasteiger partial charge in [-0.05, 0) is 37.5 Å². The zero-order valence-corrected chi connectivity index (χ0v) is 15.0. The van der Waals surface area contributed by atoms with Gasteiger partial charge in [0.15, 0.2) is 0 Å². The minimum atomic E-state index is -0.926. The molecule has 5 heteroatoms. The first-order chi connectivity index (χ1) is 11.5. The zero-order valence-electron chi connectivity index (χ0n) is 14.2. The van der Waals surface area contributed by atoms with Crippen molar-refractivity contribution < 1.29 is 9.90 Å². The molecule has 0 radical (unpaired) electrons. The molecule has 1 fully saturated rings. The smallest absolute Gasteiger partial charge is 0.227 e. The summed E-state index contributed by atoms with van der Waals surface area (Å²) in [5.41, 5.74) is -0.00107. The van der Waals surface area contributed by atoms with Crippen molar-refractivity contribution in [2.45, 2.75) is 24.5 Å². The van der Waals surface area contributed by atoms with Crippen LogP contribution in [0.3, 0.4) is 0 Å². The van der Waals surface area contributed by atoms with E-state index >= 15 is 0 Å². The average Bonchev–Trinajstić information content (AvgIpc) is 3.08. The third-order valence-corrected chi connectivity index (χ3v) is 5.74. The molecule has 0 aliphatic carbocycles. The molecule has 1 N–H and O–H groups in total. The lowest BCUT2D eigenvalue weighted by atomic mass is 9.79. The van der Waals surface area contributed by atoms with Gasteiger partial charge in [-0.3, -0.25) is 4.79 Å². The molecule has 1 amide bonds. The molecule has 2 atom stereocenters. The van der Waals surface area contributed by atoms with Crippen LogP contribution in [-0.2, 0) is 16.8 Å². The second kappa shape index (κ2) is 7.05. The first kappa shape index (κ1) is 17.1. The molecular weight excluding hydrogens is 320 g/mol. The van der Waals surface area contributed by atoms with Crippen LogP contribution in [0.25, 0.3) is 0 Å². The van der Waals surface area contributed by atoms with Crippen LogP contribution >= 0.6 is 11.3 Å². The maximum atomic E-state index is 12.6. The molecule has 24 heavy (non-hydrogen) atoms. The third kappa shape index (κ3) is 3.38. The lowest BCUT2D eigenvalue weighted by molar-refractivity contribution is -0.141. The van der Waals surface area contributed by atoms with E-state index in [1.807, 2.05) is 71.7 Å². The minimum absolute atomic E-state index is 0.124. The number of likely N-dealkylation sites (tertiary alicyclic amines) is 1. The summed E-state index contributed by atoms with van der Waals surface area (Å²) in [6.45, 7) is 1.13. The number of thiophene rings is 1. The molecular formula is C19H24N2O2S. The number of rotatable bonds is 4. The SMILES string of the molecule is CN(C)[C@@H]1CN(C(=O)Cc2cccs2)CC[C@]1(O)c1ccccc1. The number of carbonyl (C=O) groups excluding carboxylic acids is 1. The van der Waals surface area contributed by atoms with Crippen LogP contribution in [0.1, 0.15) is 16.9 Å². The molecule has 2 aromatic rings. The van der Waals surface area contributed by atoms with Gasteiger partial charge >= 0.3 is 0 Å². The van der Waals surface area contributed by atoms with Crippen molar-refractivity contribution in [1.82, 2.24) is 9.80 Å². The Labute approximate surface area is 147 Å². The molecule has 1 aromatic heterocycles. The number of hydrogen-bond donors (Lipinski definition) is 1. The van der Waals surface area contributed by atoms with E-state index in [2.05, 4.69) is 0 Å². The van der Waals surface area contributed by atoms with Crippen LogP contribution < -0.4 is 0 Å². The molecule has 2 heterocycles.